The molecule has 5 rings (SSSR count). The molecule has 0 saturated heterocycles. The van der Waals surface area contributed by atoms with E-state index >= 15 is 0 Å². The molecule has 0 spiro atoms. The zero-order chi connectivity index (χ0) is 22.7. The number of hydrogen-bond donors (Lipinski definition) is 1. The number of para-hydroxylation sites is 1. The molecule has 2 aromatic heterocycles. The molecule has 164 valence electrons. The van der Waals surface area contributed by atoms with Crippen molar-refractivity contribution in [1.82, 2.24) is 14.5 Å². The van der Waals surface area contributed by atoms with Crippen LogP contribution in [0, 0.1) is 0 Å². The lowest BCUT2D eigenvalue weighted by atomic mass is 10.1. The SMILES string of the molecule is O=S(=O)(Nc1ccc(-c2nccn2CCc2ccccc2)cc1)c1cccc2cccnc12. The molecule has 0 fully saturated rings. The summed E-state index contributed by atoms with van der Waals surface area (Å²) in [5, 5.41) is 0.776. The fourth-order valence-electron chi connectivity index (χ4n) is 3.83. The van der Waals surface area contributed by atoms with E-state index in [2.05, 4.69) is 31.4 Å². The quantitative estimate of drug-likeness (QED) is 0.369. The Kier molecular flexibility index (Phi) is 5.62. The monoisotopic (exact) mass is 454 g/mol. The number of sulfonamides is 1. The van der Waals surface area contributed by atoms with Crippen molar-refractivity contribution in [3.63, 3.8) is 0 Å². The predicted octanol–water partition coefficient (Wildman–Crippen LogP) is 5.14. The molecule has 2 heterocycles. The molecule has 5 aromatic rings. The molecular weight excluding hydrogens is 432 g/mol. The van der Waals surface area contributed by atoms with E-state index in [4.69, 9.17) is 0 Å². The molecule has 0 unspecified atom stereocenters. The van der Waals surface area contributed by atoms with Crippen LogP contribution >= 0.6 is 0 Å². The van der Waals surface area contributed by atoms with Crippen LogP contribution < -0.4 is 4.72 Å². The number of hydrogen-bond acceptors (Lipinski definition) is 4. The molecule has 0 radical (unpaired) electrons. The van der Waals surface area contributed by atoms with Gasteiger partial charge in [0.25, 0.3) is 10.0 Å². The highest BCUT2D eigenvalue weighted by molar-refractivity contribution is 7.93. The molecule has 0 aliphatic rings. The van der Waals surface area contributed by atoms with Gasteiger partial charge in [0, 0.05) is 41.8 Å². The van der Waals surface area contributed by atoms with Gasteiger partial charge in [-0.25, -0.2) is 13.4 Å². The van der Waals surface area contributed by atoms with Crippen LogP contribution in [-0.2, 0) is 23.0 Å². The first-order valence-electron chi connectivity index (χ1n) is 10.6. The molecule has 6 nitrogen and oxygen atoms in total. The van der Waals surface area contributed by atoms with Crippen molar-refractivity contribution in [1.29, 1.82) is 0 Å². The van der Waals surface area contributed by atoms with Crippen LogP contribution in [0.4, 0.5) is 5.69 Å². The van der Waals surface area contributed by atoms with Crippen molar-refractivity contribution in [2.45, 2.75) is 17.9 Å². The summed E-state index contributed by atoms with van der Waals surface area (Å²) in [6, 6.07) is 26.3. The number of aryl methyl sites for hydroxylation is 2. The maximum absolute atomic E-state index is 13.0. The molecule has 3 aromatic carbocycles. The van der Waals surface area contributed by atoms with Gasteiger partial charge in [0.1, 0.15) is 10.7 Å². The van der Waals surface area contributed by atoms with E-state index in [1.807, 2.05) is 48.7 Å². The summed E-state index contributed by atoms with van der Waals surface area (Å²) < 4.78 is 30.8. The lowest BCUT2D eigenvalue weighted by Gasteiger charge is -2.11. The Balaban J connectivity index is 1.35. The maximum atomic E-state index is 13.0. The average molecular weight is 455 g/mol. The largest absolute Gasteiger partial charge is 0.331 e. The summed E-state index contributed by atoms with van der Waals surface area (Å²) in [6.07, 6.45) is 6.24. The molecule has 33 heavy (non-hydrogen) atoms. The Morgan fingerprint density at radius 3 is 2.39 bits per heavy atom. The van der Waals surface area contributed by atoms with Gasteiger partial charge in [-0.05, 0) is 48.4 Å². The second kappa shape index (κ2) is 8.88. The summed E-state index contributed by atoms with van der Waals surface area (Å²) in [6.45, 7) is 0.807. The Bertz CT molecular complexity index is 1490. The van der Waals surface area contributed by atoms with E-state index in [9.17, 15) is 8.42 Å². The normalized spacial score (nSPS) is 11.5. The van der Waals surface area contributed by atoms with Gasteiger partial charge in [0.05, 0.1) is 5.52 Å². The van der Waals surface area contributed by atoms with Crippen LogP contribution in [0.1, 0.15) is 5.56 Å². The molecule has 1 N–H and O–H groups in total. The van der Waals surface area contributed by atoms with Gasteiger partial charge in [0.15, 0.2) is 0 Å². The van der Waals surface area contributed by atoms with Crippen LogP contribution in [0.2, 0.25) is 0 Å². The minimum Gasteiger partial charge on any atom is -0.331 e. The van der Waals surface area contributed by atoms with E-state index < -0.39 is 10.0 Å². The number of pyridine rings is 1. The van der Waals surface area contributed by atoms with Gasteiger partial charge in [-0.2, -0.15) is 0 Å². The Morgan fingerprint density at radius 2 is 1.58 bits per heavy atom. The molecular formula is C26H22N4O2S. The lowest BCUT2D eigenvalue weighted by molar-refractivity contribution is 0.602. The van der Waals surface area contributed by atoms with Crippen LogP contribution in [0.15, 0.2) is 108 Å². The predicted molar refractivity (Wildman–Crippen MR) is 130 cm³/mol. The first-order valence-corrected chi connectivity index (χ1v) is 12.1. The third kappa shape index (κ3) is 4.49. The van der Waals surface area contributed by atoms with Crippen LogP contribution in [-0.4, -0.2) is 23.0 Å². The van der Waals surface area contributed by atoms with E-state index in [0.717, 1.165) is 29.7 Å². The summed E-state index contributed by atoms with van der Waals surface area (Å²) >= 11 is 0. The second-order valence-electron chi connectivity index (χ2n) is 7.69. The van der Waals surface area contributed by atoms with Crippen LogP contribution in [0.5, 0.6) is 0 Å². The third-order valence-electron chi connectivity index (χ3n) is 5.48. The van der Waals surface area contributed by atoms with E-state index in [-0.39, 0.29) is 4.90 Å². The van der Waals surface area contributed by atoms with Crippen LogP contribution in [0.25, 0.3) is 22.3 Å². The fourth-order valence-corrected chi connectivity index (χ4v) is 5.07. The topological polar surface area (TPSA) is 76.9 Å². The number of fused-ring (bicyclic) bond motifs is 1. The maximum Gasteiger partial charge on any atom is 0.264 e. The van der Waals surface area contributed by atoms with Gasteiger partial charge in [-0.3, -0.25) is 9.71 Å². The average Bonchev–Trinajstić information content (AvgIpc) is 3.32. The summed E-state index contributed by atoms with van der Waals surface area (Å²) in [4.78, 5) is 8.91. The number of imidazole rings is 1. The lowest BCUT2D eigenvalue weighted by Crippen LogP contribution is -2.13. The minimum absolute atomic E-state index is 0.154. The number of aromatic nitrogens is 3. The molecule has 0 bridgehead atoms. The smallest absolute Gasteiger partial charge is 0.264 e. The Hall–Kier alpha value is -3.97. The standard InChI is InChI=1S/C26H22N4O2S/c31-33(32,24-10-4-8-21-9-5-16-27-25(21)24)29-23-13-11-22(12-14-23)26-28-17-19-30(26)18-15-20-6-2-1-3-7-20/h1-14,16-17,19,29H,15,18H2. The molecule has 0 saturated carbocycles. The zero-order valence-electron chi connectivity index (χ0n) is 17.8. The molecule has 0 atom stereocenters. The number of nitrogens with zero attached hydrogens (tertiary/aromatic N) is 3. The minimum atomic E-state index is -3.79. The Morgan fingerprint density at radius 1 is 0.788 bits per heavy atom. The van der Waals surface area contributed by atoms with E-state index in [0.29, 0.717) is 11.2 Å². The van der Waals surface area contributed by atoms with Crippen molar-refractivity contribution >= 4 is 26.6 Å². The van der Waals surface area contributed by atoms with Crippen molar-refractivity contribution in [2.75, 3.05) is 4.72 Å². The van der Waals surface area contributed by atoms with Gasteiger partial charge < -0.3 is 4.57 Å². The molecule has 0 amide bonds. The second-order valence-corrected chi connectivity index (χ2v) is 9.34. The highest BCUT2D eigenvalue weighted by Gasteiger charge is 2.18. The number of nitrogens with one attached hydrogen (secondary N) is 1. The highest BCUT2D eigenvalue weighted by Crippen LogP contribution is 2.25. The van der Waals surface area contributed by atoms with Gasteiger partial charge in [-0.1, -0.05) is 48.5 Å². The van der Waals surface area contributed by atoms with Crippen molar-refractivity contribution < 1.29 is 8.42 Å². The summed E-state index contributed by atoms with van der Waals surface area (Å²) in [5.74, 6) is 0.846. The molecule has 0 aliphatic heterocycles. The zero-order valence-corrected chi connectivity index (χ0v) is 18.6. The number of rotatable bonds is 7. The van der Waals surface area contributed by atoms with Gasteiger partial charge >= 0.3 is 0 Å². The van der Waals surface area contributed by atoms with Crippen molar-refractivity contribution in [3.8, 4) is 11.4 Å². The highest BCUT2D eigenvalue weighted by atomic mass is 32.2. The first-order chi connectivity index (χ1) is 16.1. The Labute approximate surface area is 192 Å². The molecule has 0 aliphatic carbocycles. The van der Waals surface area contributed by atoms with Crippen LogP contribution in [0.3, 0.4) is 0 Å². The first kappa shape index (κ1) is 20.9. The number of benzene rings is 3. The van der Waals surface area contributed by atoms with E-state index in [1.54, 1.807) is 42.7 Å². The molecule has 7 heteroatoms. The van der Waals surface area contributed by atoms with Gasteiger partial charge in [0.2, 0.25) is 0 Å². The third-order valence-corrected chi connectivity index (χ3v) is 6.89. The van der Waals surface area contributed by atoms with Gasteiger partial charge in [-0.15, -0.1) is 0 Å². The van der Waals surface area contributed by atoms with Crippen molar-refractivity contribution in [2.24, 2.45) is 0 Å². The summed E-state index contributed by atoms with van der Waals surface area (Å²) in [5.41, 5.74) is 3.12. The van der Waals surface area contributed by atoms with E-state index in [1.165, 1.54) is 5.56 Å². The fraction of sp³-hybridized carbons (Fsp3) is 0.0769. The summed E-state index contributed by atoms with van der Waals surface area (Å²) in [7, 11) is -3.79. The van der Waals surface area contributed by atoms with Crippen molar-refractivity contribution in [3.05, 3.63) is 109 Å². The number of anilines is 1.